The first-order chi connectivity index (χ1) is 10.3. The molecule has 1 aromatic heterocycles. The SMILES string of the molecule is CCC(CC1CC1)n1cc(B2OC(C)(C)CC(C)(C)O2)cn1. The monoisotopic (exact) mass is 304 g/mol. The summed E-state index contributed by atoms with van der Waals surface area (Å²) < 4.78 is 14.4. The van der Waals surface area contributed by atoms with Gasteiger partial charge >= 0.3 is 7.12 Å². The summed E-state index contributed by atoms with van der Waals surface area (Å²) in [4.78, 5) is 0. The maximum absolute atomic E-state index is 6.14. The first-order valence-electron chi connectivity index (χ1n) is 8.68. The summed E-state index contributed by atoms with van der Waals surface area (Å²) in [7, 11) is -0.314. The van der Waals surface area contributed by atoms with Gasteiger partial charge in [0.1, 0.15) is 0 Å². The Bertz CT molecular complexity index is 506. The zero-order chi connectivity index (χ0) is 16.0. The second kappa shape index (κ2) is 5.68. The molecule has 122 valence electrons. The van der Waals surface area contributed by atoms with Crippen LogP contribution < -0.4 is 5.46 Å². The van der Waals surface area contributed by atoms with Gasteiger partial charge in [0, 0.05) is 24.3 Å². The van der Waals surface area contributed by atoms with Crippen molar-refractivity contribution in [2.45, 2.75) is 84.0 Å². The average Bonchev–Trinajstić information content (AvgIpc) is 3.06. The number of hydrogen-bond donors (Lipinski definition) is 0. The van der Waals surface area contributed by atoms with Crippen molar-refractivity contribution in [3.05, 3.63) is 12.4 Å². The molecule has 22 heavy (non-hydrogen) atoms. The third-order valence-corrected chi connectivity index (χ3v) is 4.74. The summed E-state index contributed by atoms with van der Waals surface area (Å²) >= 11 is 0. The summed E-state index contributed by atoms with van der Waals surface area (Å²) in [5.74, 6) is 0.914. The molecule has 5 heteroatoms. The third kappa shape index (κ3) is 3.74. The van der Waals surface area contributed by atoms with Crippen LogP contribution in [0.4, 0.5) is 0 Å². The van der Waals surface area contributed by atoms with Crippen molar-refractivity contribution in [3.8, 4) is 0 Å². The lowest BCUT2D eigenvalue weighted by molar-refractivity contribution is -0.0716. The molecule has 0 amide bonds. The minimum Gasteiger partial charge on any atom is -0.402 e. The molecule has 0 radical (unpaired) electrons. The van der Waals surface area contributed by atoms with E-state index in [1.54, 1.807) is 0 Å². The van der Waals surface area contributed by atoms with E-state index in [4.69, 9.17) is 9.31 Å². The van der Waals surface area contributed by atoms with Crippen LogP contribution in [0.5, 0.6) is 0 Å². The third-order valence-electron chi connectivity index (χ3n) is 4.74. The van der Waals surface area contributed by atoms with Gasteiger partial charge in [0.15, 0.2) is 0 Å². The van der Waals surface area contributed by atoms with Crippen LogP contribution in [0.3, 0.4) is 0 Å². The predicted molar refractivity (Wildman–Crippen MR) is 89.2 cm³/mol. The van der Waals surface area contributed by atoms with Gasteiger partial charge in [-0.3, -0.25) is 4.68 Å². The van der Waals surface area contributed by atoms with Gasteiger partial charge in [0.05, 0.1) is 17.2 Å². The zero-order valence-corrected chi connectivity index (χ0v) is 14.6. The molecule has 1 aromatic rings. The maximum Gasteiger partial charge on any atom is 0.497 e. The summed E-state index contributed by atoms with van der Waals surface area (Å²) in [6.45, 7) is 10.8. The van der Waals surface area contributed by atoms with E-state index in [1.165, 1.54) is 19.3 Å². The minimum absolute atomic E-state index is 0.174. The highest BCUT2D eigenvalue weighted by molar-refractivity contribution is 6.61. The van der Waals surface area contributed by atoms with Crippen molar-refractivity contribution >= 4 is 12.6 Å². The lowest BCUT2D eigenvalue weighted by Gasteiger charge is -2.43. The molecule has 4 nitrogen and oxygen atoms in total. The lowest BCUT2D eigenvalue weighted by Crippen LogP contribution is -2.55. The lowest BCUT2D eigenvalue weighted by atomic mass is 9.74. The molecule has 0 spiro atoms. The Morgan fingerprint density at radius 2 is 1.91 bits per heavy atom. The van der Waals surface area contributed by atoms with Gasteiger partial charge in [-0.15, -0.1) is 0 Å². The van der Waals surface area contributed by atoms with E-state index in [1.807, 2.05) is 6.20 Å². The van der Waals surface area contributed by atoms with Crippen molar-refractivity contribution in [1.29, 1.82) is 0 Å². The van der Waals surface area contributed by atoms with Crippen LogP contribution >= 0.6 is 0 Å². The highest BCUT2D eigenvalue weighted by Crippen LogP contribution is 2.37. The molecule has 1 aliphatic carbocycles. The van der Waals surface area contributed by atoms with E-state index in [0.29, 0.717) is 6.04 Å². The fourth-order valence-electron chi connectivity index (χ4n) is 3.72. The van der Waals surface area contributed by atoms with Crippen LogP contribution in [0, 0.1) is 5.92 Å². The maximum atomic E-state index is 6.14. The number of rotatable bonds is 5. The largest absolute Gasteiger partial charge is 0.497 e. The molecule has 0 aromatic carbocycles. The van der Waals surface area contributed by atoms with Crippen molar-refractivity contribution < 1.29 is 9.31 Å². The van der Waals surface area contributed by atoms with E-state index >= 15 is 0 Å². The Kier molecular flexibility index (Phi) is 4.15. The van der Waals surface area contributed by atoms with Crippen molar-refractivity contribution in [1.82, 2.24) is 9.78 Å². The van der Waals surface area contributed by atoms with Gasteiger partial charge in [-0.2, -0.15) is 5.10 Å². The Morgan fingerprint density at radius 3 is 2.45 bits per heavy atom. The molecular formula is C17H29BN2O2. The summed E-state index contributed by atoms with van der Waals surface area (Å²) in [6, 6.07) is 0.505. The molecule has 1 saturated carbocycles. The van der Waals surface area contributed by atoms with Crippen LogP contribution in [0.1, 0.15) is 72.8 Å². The average molecular weight is 304 g/mol. The Morgan fingerprint density at radius 1 is 1.27 bits per heavy atom. The number of aromatic nitrogens is 2. The van der Waals surface area contributed by atoms with Gasteiger partial charge in [-0.1, -0.05) is 19.8 Å². The first-order valence-corrected chi connectivity index (χ1v) is 8.68. The van der Waals surface area contributed by atoms with Crippen molar-refractivity contribution in [2.24, 2.45) is 5.92 Å². The van der Waals surface area contributed by atoms with Crippen molar-refractivity contribution in [3.63, 3.8) is 0 Å². The summed E-state index contributed by atoms with van der Waals surface area (Å²) in [5, 5.41) is 4.60. The predicted octanol–water partition coefficient (Wildman–Crippen LogP) is 3.32. The topological polar surface area (TPSA) is 36.3 Å². The Labute approximate surface area is 134 Å². The van der Waals surface area contributed by atoms with E-state index in [2.05, 4.69) is 50.6 Å². The minimum atomic E-state index is -0.314. The second-order valence-corrected chi connectivity index (χ2v) is 8.26. The summed E-state index contributed by atoms with van der Waals surface area (Å²) in [6.07, 6.45) is 10.1. The highest BCUT2D eigenvalue weighted by atomic mass is 16.6. The zero-order valence-electron chi connectivity index (χ0n) is 14.6. The first kappa shape index (κ1) is 16.1. The van der Waals surface area contributed by atoms with Crippen molar-refractivity contribution in [2.75, 3.05) is 0 Å². The molecule has 1 aliphatic heterocycles. The van der Waals surface area contributed by atoms with Crippen LogP contribution in [-0.4, -0.2) is 28.1 Å². The van der Waals surface area contributed by atoms with Crippen LogP contribution in [0.2, 0.25) is 0 Å². The van der Waals surface area contributed by atoms with Gasteiger partial charge in [0.2, 0.25) is 0 Å². The molecule has 0 bridgehead atoms. The summed E-state index contributed by atoms with van der Waals surface area (Å²) in [5.41, 5.74) is 0.689. The molecule has 2 aliphatic rings. The van der Waals surface area contributed by atoms with Crippen LogP contribution in [0.25, 0.3) is 0 Å². The van der Waals surface area contributed by atoms with E-state index in [-0.39, 0.29) is 18.3 Å². The smallest absolute Gasteiger partial charge is 0.402 e. The van der Waals surface area contributed by atoms with Gasteiger partial charge < -0.3 is 9.31 Å². The second-order valence-electron chi connectivity index (χ2n) is 8.26. The number of nitrogens with zero attached hydrogens (tertiary/aromatic N) is 2. The van der Waals surface area contributed by atoms with Crippen LogP contribution in [0.15, 0.2) is 12.4 Å². The Balaban J connectivity index is 1.74. The quantitative estimate of drug-likeness (QED) is 0.783. The fourth-order valence-corrected chi connectivity index (χ4v) is 3.72. The molecule has 1 saturated heterocycles. The molecule has 1 unspecified atom stereocenters. The Hall–Kier alpha value is -0.805. The molecule has 2 fully saturated rings. The molecule has 2 heterocycles. The molecule has 0 N–H and O–H groups in total. The fraction of sp³-hybridized carbons (Fsp3) is 0.824. The standard InChI is InChI=1S/C17H29BN2O2/c1-6-15(9-13-7-8-13)20-11-14(10-19-20)18-21-16(2,3)12-17(4,5)22-18/h10-11,13,15H,6-9,12H2,1-5H3. The van der Waals surface area contributed by atoms with E-state index in [0.717, 1.165) is 24.2 Å². The number of hydrogen-bond acceptors (Lipinski definition) is 3. The highest BCUT2D eigenvalue weighted by Gasteiger charge is 2.44. The van der Waals surface area contributed by atoms with Gasteiger partial charge in [0.25, 0.3) is 0 Å². The van der Waals surface area contributed by atoms with Crippen LogP contribution in [-0.2, 0) is 9.31 Å². The molecule has 1 atom stereocenters. The van der Waals surface area contributed by atoms with Gasteiger partial charge in [-0.25, -0.2) is 0 Å². The van der Waals surface area contributed by atoms with E-state index in [9.17, 15) is 0 Å². The van der Waals surface area contributed by atoms with Gasteiger partial charge in [-0.05, 0) is 46.5 Å². The molecule has 3 rings (SSSR count). The van der Waals surface area contributed by atoms with E-state index < -0.39 is 0 Å². The normalized spacial score (nSPS) is 25.2. The molecular weight excluding hydrogens is 275 g/mol.